The first-order chi connectivity index (χ1) is 9.86. The number of nitrogens with zero attached hydrogens (tertiary/aromatic N) is 3. The lowest BCUT2D eigenvalue weighted by Gasteiger charge is -2.10. The highest BCUT2D eigenvalue weighted by atomic mass is 32.1. The Morgan fingerprint density at radius 1 is 1.15 bits per heavy atom. The zero-order valence-electron chi connectivity index (χ0n) is 11.3. The Kier molecular flexibility index (Phi) is 3.78. The molecule has 0 radical (unpaired) electrons. The molecule has 0 bridgehead atoms. The van der Waals surface area contributed by atoms with Crippen molar-refractivity contribution in [1.82, 2.24) is 14.8 Å². The molecule has 3 rings (SSSR count). The molecule has 0 atom stereocenters. The van der Waals surface area contributed by atoms with Gasteiger partial charge in [0.25, 0.3) is 0 Å². The summed E-state index contributed by atoms with van der Waals surface area (Å²) in [6.07, 6.45) is 4.35. The summed E-state index contributed by atoms with van der Waals surface area (Å²) in [4.78, 5) is 6.76. The van der Waals surface area contributed by atoms with Gasteiger partial charge in [0.15, 0.2) is 0 Å². The Morgan fingerprint density at radius 3 is 2.75 bits per heavy atom. The van der Waals surface area contributed by atoms with E-state index < -0.39 is 0 Å². The highest BCUT2D eigenvalue weighted by molar-refractivity contribution is 7.12. The summed E-state index contributed by atoms with van der Waals surface area (Å²) < 4.78 is 1.77. The van der Waals surface area contributed by atoms with Gasteiger partial charge in [-0.05, 0) is 30.7 Å². The minimum atomic E-state index is 0.830. The number of hydrogen-bond acceptors (Lipinski definition) is 4. The largest absolute Gasteiger partial charge is 0.378 e. The number of thiophene rings is 1. The highest BCUT2D eigenvalue weighted by Crippen LogP contribution is 2.22. The van der Waals surface area contributed by atoms with Gasteiger partial charge in [-0.3, -0.25) is 0 Å². The van der Waals surface area contributed by atoms with Gasteiger partial charge in [0, 0.05) is 16.3 Å². The molecule has 1 N–H and O–H groups in total. The lowest BCUT2D eigenvalue weighted by Crippen LogP contribution is -2.03. The van der Waals surface area contributed by atoms with Crippen LogP contribution in [0, 0.1) is 0 Å². The number of aryl methyl sites for hydroxylation is 1. The van der Waals surface area contributed by atoms with Crippen LogP contribution in [-0.2, 0) is 13.0 Å². The lowest BCUT2D eigenvalue weighted by molar-refractivity contribution is 0.878. The second-order valence-corrected chi connectivity index (χ2v) is 5.69. The van der Waals surface area contributed by atoms with Gasteiger partial charge in [0.2, 0.25) is 0 Å². The van der Waals surface area contributed by atoms with E-state index in [9.17, 15) is 0 Å². The van der Waals surface area contributed by atoms with Crippen molar-refractivity contribution in [2.45, 2.75) is 19.9 Å². The first-order valence-electron chi connectivity index (χ1n) is 6.62. The maximum Gasteiger partial charge on any atom is 0.138 e. The van der Waals surface area contributed by atoms with Crippen LogP contribution in [-0.4, -0.2) is 14.8 Å². The van der Waals surface area contributed by atoms with Crippen molar-refractivity contribution in [3.8, 4) is 5.69 Å². The summed E-state index contributed by atoms with van der Waals surface area (Å²) in [7, 11) is 0. The van der Waals surface area contributed by atoms with Gasteiger partial charge in [-0.1, -0.05) is 19.1 Å². The van der Waals surface area contributed by atoms with Crippen LogP contribution >= 0.6 is 11.3 Å². The number of hydrogen-bond donors (Lipinski definition) is 1. The Balaban J connectivity index is 1.77. The zero-order valence-corrected chi connectivity index (χ0v) is 12.1. The van der Waals surface area contributed by atoms with Crippen molar-refractivity contribution in [2.75, 3.05) is 5.32 Å². The molecule has 3 aromatic rings. The molecular weight excluding hydrogens is 268 g/mol. The molecule has 20 heavy (non-hydrogen) atoms. The first kappa shape index (κ1) is 12.9. The Morgan fingerprint density at radius 2 is 2.00 bits per heavy atom. The van der Waals surface area contributed by atoms with Gasteiger partial charge in [-0.15, -0.1) is 11.3 Å². The Bertz CT molecular complexity index is 673. The van der Waals surface area contributed by atoms with Crippen LogP contribution in [0.1, 0.15) is 16.7 Å². The standard InChI is InChI=1S/C15H16N4S/c1-2-12-7-8-13(20-12)9-17-14-5-3-4-6-15(14)19-11-16-10-18-19/h3-8,10-11,17H,2,9H2,1H3. The molecular formula is C15H16N4S. The van der Waals surface area contributed by atoms with Gasteiger partial charge in [0.1, 0.15) is 12.7 Å². The van der Waals surface area contributed by atoms with E-state index in [-0.39, 0.29) is 0 Å². The van der Waals surface area contributed by atoms with E-state index in [4.69, 9.17) is 0 Å². The van der Waals surface area contributed by atoms with E-state index in [1.165, 1.54) is 9.75 Å². The molecule has 2 aromatic heterocycles. The summed E-state index contributed by atoms with van der Waals surface area (Å²) in [6, 6.07) is 12.5. The average molecular weight is 284 g/mol. The molecule has 0 aliphatic carbocycles. The Labute approximate surface area is 122 Å². The summed E-state index contributed by atoms with van der Waals surface area (Å²) in [5.74, 6) is 0. The topological polar surface area (TPSA) is 42.7 Å². The van der Waals surface area contributed by atoms with E-state index in [1.54, 1.807) is 17.3 Å². The van der Waals surface area contributed by atoms with Gasteiger partial charge >= 0.3 is 0 Å². The number of rotatable bonds is 5. The van der Waals surface area contributed by atoms with E-state index in [0.717, 1.165) is 24.3 Å². The maximum absolute atomic E-state index is 4.19. The smallest absolute Gasteiger partial charge is 0.138 e. The van der Waals surface area contributed by atoms with E-state index in [2.05, 4.69) is 40.5 Å². The van der Waals surface area contributed by atoms with Crippen molar-refractivity contribution in [2.24, 2.45) is 0 Å². The van der Waals surface area contributed by atoms with Gasteiger partial charge < -0.3 is 5.32 Å². The molecule has 5 heteroatoms. The van der Waals surface area contributed by atoms with E-state index in [1.807, 2.05) is 29.5 Å². The normalized spacial score (nSPS) is 10.7. The molecule has 0 fully saturated rings. The second-order valence-electron chi connectivity index (χ2n) is 4.43. The van der Waals surface area contributed by atoms with Crippen molar-refractivity contribution in [3.05, 3.63) is 58.8 Å². The zero-order chi connectivity index (χ0) is 13.8. The monoisotopic (exact) mass is 284 g/mol. The van der Waals surface area contributed by atoms with Crippen LogP contribution in [0.5, 0.6) is 0 Å². The van der Waals surface area contributed by atoms with Crippen LogP contribution in [0.25, 0.3) is 5.69 Å². The number of anilines is 1. The predicted octanol–water partition coefficient (Wildman–Crippen LogP) is 3.50. The number of aromatic nitrogens is 3. The SMILES string of the molecule is CCc1ccc(CNc2ccccc2-n2cncn2)s1. The number of nitrogens with one attached hydrogen (secondary N) is 1. The van der Waals surface area contributed by atoms with Crippen molar-refractivity contribution in [1.29, 1.82) is 0 Å². The van der Waals surface area contributed by atoms with E-state index in [0.29, 0.717) is 0 Å². The molecule has 0 spiro atoms. The first-order valence-corrected chi connectivity index (χ1v) is 7.44. The Hall–Kier alpha value is -2.14. The number of benzene rings is 1. The molecule has 0 aliphatic rings. The van der Waals surface area contributed by atoms with Gasteiger partial charge in [0.05, 0.1) is 11.4 Å². The fourth-order valence-corrected chi connectivity index (χ4v) is 2.94. The molecule has 1 aromatic carbocycles. The van der Waals surface area contributed by atoms with Crippen LogP contribution in [0.2, 0.25) is 0 Å². The molecule has 102 valence electrons. The maximum atomic E-state index is 4.19. The highest BCUT2D eigenvalue weighted by Gasteiger charge is 2.05. The fraction of sp³-hybridized carbons (Fsp3) is 0.200. The quantitative estimate of drug-likeness (QED) is 0.779. The third-order valence-electron chi connectivity index (χ3n) is 3.09. The van der Waals surface area contributed by atoms with Crippen molar-refractivity contribution in [3.63, 3.8) is 0 Å². The molecule has 0 saturated heterocycles. The summed E-state index contributed by atoms with van der Waals surface area (Å²) in [5.41, 5.74) is 2.07. The minimum Gasteiger partial charge on any atom is -0.378 e. The van der Waals surface area contributed by atoms with Crippen LogP contribution in [0.3, 0.4) is 0 Å². The third kappa shape index (κ3) is 2.72. The van der Waals surface area contributed by atoms with Crippen LogP contribution < -0.4 is 5.32 Å². The molecule has 0 unspecified atom stereocenters. The van der Waals surface area contributed by atoms with Crippen molar-refractivity contribution < 1.29 is 0 Å². The summed E-state index contributed by atoms with van der Waals surface area (Å²) >= 11 is 1.86. The summed E-state index contributed by atoms with van der Waals surface area (Å²) in [5, 5.41) is 7.66. The van der Waals surface area contributed by atoms with E-state index >= 15 is 0 Å². The van der Waals surface area contributed by atoms with Gasteiger partial charge in [-0.2, -0.15) is 5.10 Å². The predicted molar refractivity (Wildman–Crippen MR) is 82.4 cm³/mol. The molecule has 0 amide bonds. The average Bonchev–Trinajstić information content (AvgIpc) is 3.17. The molecule has 0 saturated carbocycles. The van der Waals surface area contributed by atoms with Crippen molar-refractivity contribution >= 4 is 17.0 Å². The number of para-hydroxylation sites is 2. The van der Waals surface area contributed by atoms with Gasteiger partial charge in [-0.25, -0.2) is 9.67 Å². The molecule has 2 heterocycles. The molecule has 4 nitrogen and oxygen atoms in total. The minimum absolute atomic E-state index is 0.830. The van der Waals surface area contributed by atoms with Crippen LogP contribution in [0.15, 0.2) is 49.1 Å². The lowest BCUT2D eigenvalue weighted by atomic mass is 10.2. The fourth-order valence-electron chi connectivity index (χ4n) is 2.05. The summed E-state index contributed by atoms with van der Waals surface area (Å²) in [6.45, 7) is 3.01. The molecule has 0 aliphatic heterocycles. The second kappa shape index (κ2) is 5.88. The third-order valence-corrected chi connectivity index (χ3v) is 4.32. The van der Waals surface area contributed by atoms with Crippen LogP contribution in [0.4, 0.5) is 5.69 Å².